The highest BCUT2D eigenvalue weighted by Gasteiger charge is 2.49. The molecular formula is C15H15FN2O6S2. The Labute approximate surface area is 153 Å². The van der Waals surface area contributed by atoms with Crippen molar-refractivity contribution in [3.63, 3.8) is 0 Å². The zero-order valence-electron chi connectivity index (χ0n) is 13.4. The maximum atomic E-state index is 13.6. The first-order chi connectivity index (χ1) is 12.2. The SMILES string of the molecule is O=C(O)COCC(=O)N=C1S[C@H]2CS(=O)(=O)C[C@@H]2N1c1cccc(F)c1. The van der Waals surface area contributed by atoms with Gasteiger partial charge in [-0.25, -0.2) is 17.6 Å². The molecule has 1 N–H and O–H groups in total. The third-order valence-electron chi connectivity index (χ3n) is 3.82. The second kappa shape index (κ2) is 7.33. The van der Waals surface area contributed by atoms with E-state index in [1.807, 2.05) is 0 Å². The number of fused-ring (bicyclic) bond motifs is 1. The number of amidine groups is 1. The molecule has 26 heavy (non-hydrogen) atoms. The Kier molecular flexibility index (Phi) is 5.30. The van der Waals surface area contributed by atoms with Crippen LogP contribution in [0.4, 0.5) is 10.1 Å². The number of hydrogen-bond donors (Lipinski definition) is 1. The van der Waals surface area contributed by atoms with Gasteiger partial charge in [0.1, 0.15) is 19.0 Å². The lowest BCUT2D eigenvalue weighted by molar-refractivity contribution is -0.143. The number of amides is 1. The van der Waals surface area contributed by atoms with Crippen molar-refractivity contribution in [2.45, 2.75) is 11.3 Å². The van der Waals surface area contributed by atoms with Gasteiger partial charge in [-0.15, -0.1) is 0 Å². The Balaban J connectivity index is 1.85. The molecule has 2 aliphatic rings. The maximum Gasteiger partial charge on any atom is 0.329 e. The van der Waals surface area contributed by atoms with Crippen molar-refractivity contribution in [3.05, 3.63) is 30.1 Å². The number of hydrogen-bond acceptors (Lipinski definition) is 6. The summed E-state index contributed by atoms with van der Waals surface area (Å²) in [5, 5.41) is 8.45. The number of carbonyl (C=O) groups excluding carboxylic acids is 1. The maximum absolute atomic E-state index is 13.6. The number of halogens is 1. The molecule has 2 saturated heterocycles. The molecule has 0 aliphatic carbocycles. The minimum Gasteiger partial charge on any atom is -0.480 e. The molecule has 0 unspecified atom stereocenters. The standard InChI is InChI=1S/C15H15FN2O6S2/c16-9-2-1-3-10(4-9)18-11-7-26(22,23)8-12(11)25-15(18)17-13(19)5-24-6-14(20)21/h1-4,11-12H,5-8H2,(H,20,21)/t11-,12-/m0/s1. The van der Waals surface area contributed by atoms with Crippen molar-refractivity contribution in [1.82, 2.24) is 0 Å². The second-order valence-electron chi connectivity index (χ2n) is 5.83. The summed E-state index contributed by atoms with van der Waals surface area (Å²) >= 11 is 1.14. The molecular weight excluding hydrogens is 387 g/mol. The van der Waals surface area contributed by atoms with Gasteiger partial charge >= 0.3 is 5.97 Å². The van der Waals surface area contributed by atoms with E-state index in [-0.39, 0.29) is 21.9 Å². The molecule has 3 rings (SSSR count). The average Bonchev–Trinajstić information content (AvgIpc) is 2.97. The number of anilines is 1. The van der Waals surface area contributed by atoms with Gasteiger partial charge in [0.05, 0.1) is 17.5 Å². The fourth-order valence-corrected chi connectivity index (χ4v) is 6.79. The van der Waals surface area contributed by atoms with E-state index in [1.54, 1.807) is 11.0 Å². The van der Waals surface area contributed by atoms with Crippen LogP contribution in [-0.2, 0) is 24.2 Å². The van der Waals surface area contributed by atoms with Gasteiger partial charge in [-0.05, 0) is 18.2 Å². The van der Waals surface area contributed by atoms with Crippen LogP contribution in [0.5, 0.6) is 0 Å². The Hall–Kier alpha value is -1.98. The molecule has 1 amide bonds. The number of ether oxygens (including phenoxy) is 1. The first-order valence-electron chi connectivity index (χ1n) is 7.58. The number of nitrogens with zero attached hydrogens (tertiary/aromatic N) is 2. The highest BCUT2D eigenvalue weighted by Crippen LogP contribution is 2.41. The molecule has 0 aromatic heterocycles. The lowest BCUT2D eigenvalue weighted by atomic mass is 10.2. The van der Waals surface area contributed by atoms with Crippen molar-refractivity contribution < 1.29 is 32.2 Å². The number of rotatable bonds is 5. The van der Waals surface area contributed by atoms with Crippen molar-refractivity contribution in [3.8, 4) is 0 Å². The minimum absolute atomic E-state index is 0.0448. The van der Waals surface area contributed by atoms with Gasteiger partial charge in [0, 0.05) is 10.9 Å². The van der Waals surface area contributed by atoms with Crippen LogP contribution >= 0.6 is 11.8 Å². The molecule has 0 bridgehead atoms. The summed E-state index contributed by atoms with van der Waals surface area (Å²) < 4.78 is 42.2. The predicted molar refractivity (Wildman–Crippen MR) is 93.6 cm³/mol. The molecule has 1 aromatic rings. The van der Waals surface area contributed by atoms with E-state index in [1.165, 1.54) is 18.2 Å². The summed E-state index contributed by atoms with van der Waals surface area (Å²) in [5.74, 6) is -2.55. The van der Waals surface area contributed by atoms with Crippen LogP contribution in [0.2, 0.25) is 0 Å². The molecule has 0 radical (unpaired) electrons. The van der Waals surface area contributed by atoms with Gasteiger partial charge in [-0.1, -0.05) is 17.8 Å². The summed E-state index contributed by atoms with van der Waals surface area (Å²) in [6, 6.07) is 5.16. The summed E-state index contributed by atoms with van der Waals surface area (Å²) in [6.07, 6.45) is 0. The smallest absolute Gasteiger partial charge is 0.329 e. The fraction of sp³-hybridized carbons (Fsp3) is 0.400. The van der Waals surface area contributed by atoms with Crippen LogP contribution in [0.15, 0.2) is 29.3 Å². The minimum atomic E-state index is -3.22. The zero-order valence-corrected chi connectivity index (χ0v) is 15.0. The van der Waals surface area contributed by atoms with Crippen molar-refractivity contribution in [1.29, 1.82) is 0 Å². The molecule has 140 valence electrons. The molecule has 0 saturated carbocycles. The van der Waals surface area contributed by atoms with Crippen LogP contribution in [0.1, 0.15) is 0 Å². The first kappa shape index (κ1) is 18.8. The highest BCUT2D eigenvalue weighted by atomic mass is 32.2. The van der Waals surface area contributed by atoms with E-state index in [0.29, 0.717) is 5.69 Å². The number of carboxylic acid groups (broad SMARTS) is 1. The Bertz CT molecular complexity index is 873. The van der Waals surface area contributed by atoms with Crippen LogP contribution in [0.3, 0.4) is 0 Å². The van der Waals surface area contributed by atoms with Crippen molar-refractivity contribution >= 4 is 44.3 Å². The molecule has 2 heterocycles. The summed E-state index contributed by atoms with van der Waals surface area (Å²) in [4.78, 5) is 27.8. The second-order valence-corrected chi connectivity index (χ2v) is 9.19. The number of aliphatic imine (C=N–C) groups is 1. The van der Waals surface area contributed by atoms with Gasteiger partial charge in [0.2, 0.25) is 0 Å². The van der Waals surface area contributed by atoms with E-state index < -0.39 is 46.8 Å². The monoisotopic (exact) mass is 402 g/mol. The molecule has 1 aromatic carbocycles. The predicted octanol–water partition coefficient (Wildman–Crippen LogP) is 0.528. The van der Waals surface area contributed by atoms with Crippen LogP contribution in [0, 0.1) is 5.82 Å². The van der Waals surface area contributed by atoms with Crippen molar-refractivity contribution in [2.75, 3.05) is 29.6 Å². The summed E-state index contributed by atoms with van der Waals surface area (Å²) in [6.45, 7) is -1.14. The normalized spacial score (nSPS) is 25.4. The summed E-state index contributed by atoms with van der Waals surface area (Å²) in [7, 11) is -3.22. The summed E-state index contributed by atoms with van der Waals surface area (Å²) in [5.41, 5.74) is 0.403. The van der Waals surface area contributed by atoms with Gasteiger partial charge < -0.3 is 14.7 Å². The molecule has 0 spiro atoms. The Morgan fingerprint density at radius 3 is 2.81 bits per heavy atom. The van der Waals surface area contributed by atoms with Crippen LogP contribution < -0.4 is 4.90 Å². The molecule has 2 fully saturated rings. The third kappa shape index (κ3) is 4.22. The van der Waals surface area contributed by atoms with Crippen molar-refractivity contribution in [2.24, 2.45) is 4.99 Å². The molecule has 2 atom stereocenters. The Morgan fingerprint density at radius 2 is 2.12 bits per heavy atom. The van der Waals surface area contributed by atoms with Gasteiger partial charge in [-0.3, -0.25) is 4.79 Å². The number of thioether (sulfide) groups is 1. The number of aliphatic carboxylic acids is 1. The topological polar surface area (TPSA) is 113 Å². The largest absolute Gasteiger partial charge is 0.480 e. The van der Waals surface area contributed by atoms with E-state index in [0.717, 1.165) is 11.8 Å². The zero-order chi connectivity index (χ0) is 18.9. The van der Waals surface area contributed by atoms with Gasteiger partial charge in [0.15, 0.2) is 15.0 Å². The first-order valence-corrected chi connectivity index (χ1v) is 10.3. The third-order valence-corrected chi connectivity index (χ3v) is 7.03. The fourth-order valence-electron chi connectivity index (χ4n) is 2.86. The quantitative estimate of drug-likeness (QED) is 0.759. The van der Waals surface area contributed by atoms with E-state index >= 15 is 0 Å². The van der Waals surface area contributed by atoms with Gasteiger partial charge in [0.25, 0.3) is 5.91 Å². The van der Waals surface area contributed by atoms with Gasteiger partial charge in [-0.2, -0.15) is 4.99 Å². The van der Waals surface area contributed by atoms with Crippen LogP contribution in [-0.4, -0.2) is 66.6 Å². The van der Waals surface area contributed by atoms with E-state index in [9.17, 15) is 22.4 Å². The highest BCUT2D eigenvalue weighted by molar-refractivity contribution is 8.16. The lowest BCUT2D eigenvalue weighted by Crippen LogP contribution is -2.37. The van der Waals surface area contributed by atoms with E-state index in [2.05, 4.69) is 4.99 Å². The number of benzene rings is 1. The molecule has 8 nitrogen and oxygen atoms in total. The molecule has 11 heteroatoms. The molecule has 2 aliphatic heterocycles. The van der Waals surface area contributed by atoms with Crippen LogP contribution in [0.25, 0.3) is 0 Å². The lowest BCUT2D eigenvalue weighted by Gasteiger charge is -2.24. The Morgan fingerprint density at radius 1 is 1.35 bits per heavy atom. The van der Waals surface area contributed by atoms with E-state index in [4.69, 9.17) is 9.84 Å². The average molecular weight is 402 g/mol. The number of carboxylic acids is 1. The number of carbonyl (C=O) groups is 2. The number of sulfone groups is 1.